The highest BCUT2D eigenvalue weighted by atomic mass is 16.1. The lowest BCUT2D eigenvalue weighted by molar-refractivity contribution is 0.0952. The second-order valence-corrected chi connectivity index (χ2v) is 6.49. The van der Waals surface area contributed by atoms with E-state index in [0.717, 1.165) is 16.3 Å². The lowest BCUT2D eigenvalue weighted by atomic mass is 10.1. The number of benzene rings is 3. The van der Waals surface area contributed by atoms with Crippen LogP contribution < -0.4 is 10.9 Å². The fraction of sp³-hybridized carbons (Fsp3) is 0.0870. The molecule has 1 amide bonds. The zero-order valence-electron chi connectivity index (χ0n) is 15.2. The molecule has 1 N–H and O–H groups in total. The number of aromatic nitrogens is 2. The number of nitrogens with one attached hydrogen (secondary N) is 1. The minimum atomic E-state index is -0.160. The van der Waals surface area contributed by atoms with Gasteiger partial charge in [0.25, 0.3) is 11.5 Å². The van der Waals surface area contributed by atoms with Gasteiger partial charge in [0.15, 0.2) is 0 Å². The highest BCUT2D eigenvalue weighted by molar-refractivity contribution is 5.98. The number of rotatable bonds is 5. The van der Waals surface area contributed by atoms with Gasteiger partial charge in [0, 0.05) is 30.3 Å². The molecule has 0 aliphatic rings. The lowest BCUT2D eigenvalue weighted by Gasteiger charge is -2.09. The molecule has 0 fully saturated rings. The first-order valence-electron chi connectivity index (χ1n) is 9.10. The molecule has 28 heavy (non-hydrogen) atoms. The van der Waals surface area contributed by atoms with E-state index in [4.69, 9.17) is 0 Å². The number of hydrogen-bond acceptors (Lipinski definition) is 3. The van der Waals surface area contributed by atoms with Gasteiger partial charge in [-0.3, -0.25) is 14.2 Å². The van der Waals surface area contributed by atoms with Crippen LogP contribution in [0, 0.1) is 0 Å². The Morgan fingerprint density at radius 3 is 2.43 bits per heavy atom. The summed E-state index contributed by atoms with van der Waals surface area (Å²) in [6.07, 6.45) is 1.52. The van der Waals surface area contributed by atoms with Gasteiger partial charge in [-0.15, -0.1) is 0 Å². The monoisotopic (exact) mass is 369 g/mol. The van der Waals surface area contributed by atoms with E-state index in [9.17, 15) is 9.59 Å². The average molecular weight is 369 g/mol. The maximum atomic E-state index is 12.4. The van der Waals surface area contributed by atoms with Gasteiger partial charge in [0.1, 0.15) is 0 Å². The topological polar surface area (TPSA) is 64.0 Å². The molecule has 1 aromatic heterocycles. The maximum absolute atomic E-state index is 12.4. The molecule has 0 spiro atoms. The Labute approximate surface area is 162 Å². The van der Waals surface area contributed by atoms with Crippen LogP contribution in [-0.4, -0.2) is 22.0 Å². The molecule has 4 aromatic rings. The SMILES string of the molecule is O=C(NCCn1cnc(-c2ccccc2)cc1=O)c1ccc2ccccc2c1. The van der Waals surface area contributed by atoms with E-state index in [1.165, 1.54) is 17.0 Å². The molecule has 138 valence electrons. The van der Waals surface area contributed by atoms with Gasteiger partial charge in [-0.2, -0.15) is 0 Å². The molecule has 0 unspecified atom stereocenters. The molecular weight excluding hydrogens is 350 g/mol. The molecule has 0 saturated heterocycles. The molecule has 3 aromatic carbocycles. The standard InChI is InChI=1S/C23H19N3O2/c27-22-15-21(18-7-2-1-3-8-18)25-16-26(22)13-12-24-23(28)20-11-10-17-6-4-5-9-19(17)14-20/h1-11,14-16H,12-13H2,(H,24,28). The van der Waals surface area contributed by atoms with Crippen LogP contribution in [0.5, 0.6) is 0 Å². The van der Waals surface area contributed by atoms with Crippen molar-refractivity contribution < 1.29 is 4.79 Å². The third-order valence-electron chi connectivity index (χ3n) is 4.60. The first-order chi connectivity index (χ1) is 13.7. The molecule has 0 aliphatic carbocycles. The van der Waals surface area contributed by atoms with Crippen molar-refractivity contribution in [1.82, 2.24) is 14.9 Å². The summed E-state index contributed by atoms with van der Waals surface area (Å²) < 4.78 is 1.49. The number of nitrogens with zero attached hydrogens (tertiary/aromatic N) is 2. The van der Waals surface area contributed by atoms with E-state index in [-0.39, 0.29) is 11.5 Å². The van der Waals surface area contributed by atoms with Gasteiger partial charge >= 0.3 is 0 Å². The molecule has 0 radical (unpaired) electrons. The second kappa shape index (κ2) is 7.88. The van der Waals surface area contributed by atoms with Crippen LogP contribution >= 0.6 is 0 Å². The summed E-state index contributed by atoms with van der Waals surface area (Å²) in [7, 11) is 0. The van der Waals surface area contributed by atoms with E-state index in [2.05, 4.69) is 10.3 Å². The second-order valence-electron chi connectivity index (χ2n) is 6.49. The zero-order valence-corrected chi connectivity index (χ0v) is 15.2. The van der Waals surface area contributed by atoms with Crippen molar-refractivity contribution in [3.05, 3.63) is 101 Å². The highest BCUT2D eigenvalue weighted by Gasteiger charge is 2.07. The average Bonchev–Trinajstić information content (AvgIpc) is 2.75. The Kier molecular flexibility index (Phi) is 4.97. The van der Waals surface area contributed by atoms with Crippen molar-refractivity contribution in [2.45, 2.75) is 6.54 Å². The van der Waals surface area contributed by atoms with E-state index in [1.807, 2.05) is 66.7 Å². The normalized spacial score (nSPS) is 10.7. The van der Waals surface area contributed by atoms with E-state index in [0.29, 0.717) is 24.3 Å². The molecule has 0 bridgehead atoms. The number of carbonyl (C=O) groups excluding carboxylic acids is 1. The number of fused-ring (bicyclic) bond motifs is 1. The van der Waals surface area contributed by atoms with E-state index < -0.39 is 0 Å². The summed E-state index contributed by atoms with van der Waals surface area (Å²) in [6.45, 7) is 0.707. The van der Waals surface area contributed by atoms with Crippen molar-refractivity contribution >= 4 is 16.7 Å². The number of amides is 1. The van der Waals surface area contributed by atoms with Crippen LogP contribution in [0.25, 0.3) is 22.0 Å². The van der Waals surface area contributed by atoms with Gasteiger partial charge in [-0.05, 0) is 22.9 Å². The van der Waals surface area contributed by atoms with E-state index >= 15 is 0 Å². The first kappa shape index (κ1) is 17.7. The molecule has 0 atom stereocenters. The van der Waals surface area contributed by atoms with Gasteiger partial charge in [0.05, 0.1) is 12.0 Å². The summed E-state index contributed by atoms with van der Waals surface area (Å²) in [4.78, 5) is 29.1. The number of hydrogen-bond donors (Lipinski definition) is 1. The molecule has 0 aliphatic heterocycles. The Hall–Kier alpha value is -3.73. The predicted octanol–water partition coefficient (Wildman–Crippen LogP) is 3.49. The van der Waals surface area contributed by atoms with Crippen molar-refractivity contribution in [1.29, 1.82) is 0 Å². The smallest absolute Gasteiger partial charge is 0.253 e. The zero-order chi connectivity index (χ0) is 19.3. The van der Waals surface area contributed by atoms with Gasteiger partial charge in [0.2, 0.25) is 0 Å². The molecule has 5 heteroatoms. The van der Waals surface area contributed by atoms with Crippen molar-refractivity contribution in [3.63, 3.8) is 0 Å². The van der Waals surface area contributed by atoms with Crippen LogP contribution in [0.3, 0.4) is 0 Å². The van der Waals surface area contributed by atoms with E-state index in [1.54, 1.807) is 6.07 Å². The van der Waals surface area contributed by atoms with Crippen LogP contribution in [0.2, 0.25) is 0 Å². The highest BCUT2D eigenvalue weighted by Crippen LogP contribution is 2.15. The summed E-state index contributed by atoms with van der Waals surface area (Å²) >= 11 is 0. The van der Waals surface area contributed by atoms with Crippen LogP contribution in [-0.2, 0) is 6.54 Å². The van der Waals surface area contributed by atoms with Crippen molar-refractivity contribution in [2.24, 2.45) is 0 Å². The first-order valence-corrected chi connectivity index (χ1v) is 9.10. The molecule has 4 rings (SSSR count). The maximum Gasteiger partial charge on any atom is 0.253 e. The molecule has 0 saturated carbocycles. The summed E-state index contributed by atoms with van der Waals surface area (Å²) in [5.41, 5.74) is 2.00. The fourth-order valence-corrected chi connectivity index (χ4v) is 3.08. The Morgan fingerprint density at radius 2 is 1.64 bits per heavy atom. The third-order valence-corrected chi connectivity index (χ3v) is 4.60. The fourth-order valence-electron chi connectivity index (χ4n) is 3.08. The quantitative estimate of drug-likeness (QED) is 0.586. The number of carbonyl (C=O) groups is 1. The summed E-state index contributed by atoms with van der Waals surface area (Å²) in [5.74, 6) is -0.160. The molecular formula is C23H19N3O2. The van der Waals surface area contributed by atoms with Crippen molar-refractivity contribution in [3.8, 4) is 11.3 Å². The van der Waals surface area contributed by atoms with Gasteiger partial charge in [-0.25, -0.2) is 4.98 Å². The van der Waals surface area contributed by atoms with Crippen LogP contribution in [0.15, 0.2) is 90.0 Å². The van der Waals surface area contributed by atoms with Crippen LogP contribution in [0.4, 0.5) is 0 Å². The summed E-state index contributed by atoms with van der Waals surface area (Å²) in [6, 6.07) is 24.6. The summed E-state index contributed by atoms with van der Waals surface area (Å²) in [5, 5.41) is 4.97. The largest absolute Gasteiger partial charge is 0.350 e. The molecule has 5 nitrogen and oxygen atoms in total. The minimum Gasteiger partial charge on any atom is -0.350 e. The lowest BCUT2D eigenvalue weighted by Crippen LogP contribution is -2.30. The Bertz CT molecular complexity index is 1180. The van der Waals surface area contributed by atoms with Gasteiger partial charge in [-0.1, -0.05) is 60.7 Å². The minimum absolute atomic E-state index is 0.145. The van der Waals surface area contributed by atoms with Crippen molar-refractivity contribution in [2.75, 3.05) is 6.54 Å². The van der Waals surface area contributed by atoms with Crippen LogP contribution in [0.1, 0.15) is 10.4 Å². The van der Waals surface area contributed by atoms with Gasteiger partial charge < -0.3 is 5.32 Å². The molecule has 1 heterocycles. The Balaban J connectivity index is 1.40. The Morgan fingerprint density at radius 1 is 0.893 bits per heavy atom. The third kappa shape index (κ3) is 3.83. The predicted molar refractivity (Wildman–Crippen MR) is 110 cm³/mol.